The lowest BCUT2D eigenvalue weighted by Gasteiger charge is -2.37. The number of amides is 2. The van der Waals surface area contributed by atoms with Gasteiger partial charge in [0.05, 0.1) is 11.7 Å². The molecule has 1 aliphatic heterocycles. The zero-order chi connectivity index (χ0) is 17.0. The first kappa shape index (κ1) is 17.3. The molecule has 1 aromatic heterocycles. The van der Waals surface area contributed by atoms with E-state index in [2.05, 4.69) is 9.97 Å². The Bertz CT molecular complexity index is 559. The van der Waals surface area contributed by atoms with Crippen LogP contribution in [0.5, 0.6) is 0 Å². The van der Waals surface area contributed by atoms with Gasteiger partial charge in [0.2, 0.25) is 5.91 Å². The average Bonchev–Trinajstić information content (AvgIpc) is 2.53. The highest BCUT2D eigenvalue weighted by Gasteiger charge is 2.33. The summed E-state index contributed by atoms with van der Waals surface area (Å²) < 4.78 is 5.41. The number of methoxy groups -OCH3 is 1. The number of ether oxygens (including phenoxy) is 1. The van der Waals surface area contributed by atoms with Gasteiger partial charge in [0.25, 0.3) is 5.91 Å². The van der Waals surface area contributed by atoms with Gasteiger partial charge in [0, 0.05) is 50.8 Å². The summed E-state index contributed by atoms with van der Waals surface area (Å²) in [6.07, 6.45) is 3.98. The van der Waals surface area contributed by atoms with Crippen molar-refractivity contribution in [2.24, 2.45) is 11.7 Å². The van der Waals surface area contributed by atoms with Gasteiger partial charge in [-0.3, -0.25) is 9.59 Å². The van der Waals surface area contributed by atoms with Crippen LogP contribution in [0, 0.1) is 5.92 Å². The summed E-state index contributed by atoms with van der Waals surface area (Å²) >= 11 is 0. The van der Waals surface area contributed by atoms with Gasteiger partial charge in [0.15, 0.2) is 0 Å². The number of hydrogen-bond acceptors (Lipinski definition) is 5. The van der Waals surface area contributed by atoms with Crippen molar-refractivity contribution in [3.05, 3.63) is 23.8 Å². The summed E-state index contributed by atoms with van der Waals surface area (Å²) in [5.74, 6) is 0.356. The van der Waals surface area contributed by atoms with Crippen molar-refractivity contribution in [2.45, 2.75) is 38.7 Å². The van der Waals surface area contributed by atoms with Crippen molar-refractivity contribution in [3.8, 4) is 0 Å². The molecule has 7 nitrogen and oxygen atoms in total. The average molecular weight is 320 g/mol. The molecule has 2 heterocycles. The molecule has 2 amide bonds. The summed E-state index contributed by atoms with van der Waals surface area (Å²) in [6, 6.07) is 0. The molecule has 2 rings (SSSR count). The summed E-state index contributed by atoms with van der Waals surface area (Å²) in [7, 11) is 1.62. The molecule has 2 atom stereocenters. The van der Waals surface area contributed by atoms with Crippen molar-refractivity contribution in [3.63, 3.8) is 0 Å². The quantitative estimate of drug-likeness (QED) is 0.871. The van der Waals surface area contributed by atoms with Gasteiger partial charge in [0.1, 0.15) is 5.82 Å². The third-order valence-electron chi connectivity index (χ3n) is 4.15. The Morgan fingerprint density at radius 2 is 2.04 bits per heavy atom. The van der Waals surface area contributed by atoms with Crippen molar-refractivity contribution in [1.29, 1.82) is 0 Å². The molecule has 2 N–H and O–H groups in total. The van der Waals surface area contributed by atoms with Crippen LogP contribution in [-0.4, -0.2) is 53.0 Å². The highest BCUT2D eigenvalue weighted by Crippen LogP contribution is 2.24. The fourth-order valence-electron chi connectivity index (χ4n) is 2.89. The molecule has 0 unspecified atom stereocenters. The largest absolute Gasteiger partial charge is 0.381 e. The molecule has 1 aliphatic rings. The Labute approximate surface area is 136 Å². The maximum absolute atomic E-state index is 12.6. The van der Waals surface area contributed by atoms with Gasteiger partial charge in [-0.1, -0.05) is 13.8 Å². The highest BCUT2D eigenvalue weighted by atomic mass is 16.5. The standard InChI is InChI=1S/C16H24N4O3/c1-10(2)15-18-7-12(8-19-15)16(22)20-5-4-13(23-3)11(9-20)6-14(17)21/h7-8,10-11,13H,4-6,9H2,1-3H3,(H2,17,21)/t11-,13-/m1/s1. The number of carbonyl (C=O) groups is 2. The van der Waals surface area contributed by atoms with Crippen LogP contribution in [0.4, 0.5) is 0 Å². The smallest absolute Gasteiger partial charge is 0.257 e. The molecule has 0 aromatic carbocycles. The zero-order valence-electron chi connectivity index (χ0n) is 13.9. The molecule has 0 bridgehead atoms. The van der Waals surface area contributed by atoms with Crippen molar-refractivity contribution in [1.82, 2.24) is 14.9 Å². The lowest BCUT2D eigenvalue weighted by Crippen LogP contribution is -2.47. The second kappa shape index (κ2) is 7.50. The number of hydrogen-bond donors (Lipinski definition) is 1. The molecular weight excluding hydrogens is 296 g/mol. The molecule has 0 spiro atoms. The van der Waals surface area contributed by atoms with Crippen molar-refractivity contribution in [2.75, 3.05) is 20.2 Å². The molecule has 23 heavy (non-hydrogen) atoms. The van der Waals surface area contributed by atoms with E-state index in [0.29, 0.717) is 30.9 Å². The minimum Gasteiger partial charge on any atom is -0.381 e. The number of likely N-dealkylation sites (tertiary alicyclic amines) is 1. The van der Waals surface area contributed by atoms with Crippen LogP contribution in [0.2, 0.25) is 0 Å². The molecule has 1 fully saturated rings. The van der Waals surface area contributed by atoms with E-state index in [1.165, 1.54) is 0 Å². The predicted octanol–water partition coefficient (Wildman–Crippen LogP) is 0.952. The highest BCUT2D eigenvalue weighted by molar-refractivity contribution is 5.93. The van der Waals surface area contributed by atoms with E-state index in [-0.39, 0.29) is 36.2 Å². The van der Waals surface area contributed by atoms with Crippen LogP contribution in [-0.2, 0) is 9.53 Å². The molecular formula is C16H24N4O3. The number of nitrogens with two attached hydrogens (primary N) is 1. The predicted molar refractivity (Wildman–Crippen MR) is 84.7 cm³/mol. The molecule has 0 saturated carbocycles. The number of aromatic nitrogens is 2. The lowest BCUT2D eigenvalue weighted by molar-refractivity contribution is -0.121. The van der Waals surface area contributed by atoms with Crippen molar-refractivity contribution < 1.29 is 14.3 Å². The SMILES string of the molecule is CO[C@@H]1CCN(C(=O)c2cnc(C(C)C)nc2)C[C@H]1CC(N)=O. The van der Waals surface area contributed by atoms with Crippen molar-refractivity contribution >= 4 is 11.8 Å². The van der Waals surface area contributed by atoms with E-state index < -0.39 is 0 Å². The number of nitrogens with zero attached hydrogens (tertiary/aromatic N) is 3. The monoisotopic (exact) mass is 320 g/mol. The van der Waals surface area contributed by atoms with Crippen LogP contribution in [0.25, 0.3) is 0 Å². The van der Waals surface area contributed by atoms with E-state index in [4.69, 9.17) is 10.5 Å². The minimum absolute atomic E-state index is 0.0499. The number of primary amides is 1. The van der Waals surface area contributed by atoms with Gasteiger partial charge < -0.3 is 15.4 Å². The lowest BCUT2D eigenvalue weighted by atomic mass is 9.91. The first-order valence-corrected chi connectivity index (χ1v) is 7.84. The maximum atomic E-state index is 12.6. The second-order valence-electron chi connectivity index (χ2n) is 6.23. The van der Waals surface area contributed by atoms with E-state index in [0.717, 1.165) is 0 Å². The zero-order valence-corrected chi connectivity index (χ0v) is 13.9. The van der Waals surface area contributed by atoms with Crippen LogP contribution in [0.15, 0.2) is 12.4 Å². The molecule has 0 aliphatic carbocycles. The molecule has 1 aromatic rings. The van der Waals surface area contributed by atoms with Gasteiger partial charge in [-0.05, 0) is 6.42 Å². The third kappa shape index (κ3) is 4.25. The topological polar surface area (TPSA) is 98.4 Å². The first-order valence-electron chi connectivity index (χ1n) is 7.84. The van der Waals surface area contributed by atoms with E-state index in [9.17, 15) is 9.59 Å². The molecule has 126 valence electrons. The van der Waals surface area contributed by atoms with Gasteiger partial charge in [-0.2, -0.15) is 0 Å². The summed E-state index contributed by atoms with van der Waals surface area (Å²) in [6.45, 7) is 5.03. The Hall–Kier alpha value is -2.02. The number of piperidine rings is 1. The molecule has 7 heteroatoms. The van der Waals surface area contributed by atoms with E-state index in [1.807, 2.05) is 13.8 Å². The molecule has 1 saturated heterocycles. The molecule has 0 radical (unpaired) electrons. The Balaban J connectivity index is 2.08. The summed E-state index contributed by atoms with van der Waals surface area (Å²) in [5.41, 5.74) is 5.76. The van der Waals surface area contributed by atoms with Crippen LogP contribution < -0.4 is 5.73 Å². The second-order valence-corrected chi connectivity index (χ2v) is 6.23. The van der Waals surface area contributed by atoms with E-state index >= 15 is 0 Å². The van der Waals surface area contributed by atoms with Gasteiger partial charge in [-0.15, -0.1) is 0 Å². The normalized spacial score (nSPS) is 21.5. The van der Waals surface area contributed by atoms with Crippen LogP contribution >= 0.6 is 0 Å². The summed E-state index contributed by atoms with van der Waals surface area (Å²) in [5, 5.41) is 0. The van der Waals surface area contributed by atoms with Crippen LogP contribution in [0.3, 0.4) is 0 Å². The minimum atomic E-state index is -0.379. The first-order chi connectivity index (χ1) is 10.9. The van der Waals surface area contributed by atoms with Crippen LogP contribution in [0.1, 0.15) is 48.8 Å². The Morgan fingerprint density at radius 3 is 2.57 bits per heavy atom. The fraction of sp³-hybridized carbons (Fsp3) is 0.625. The van der Waals surface area contributed by atoms with Gasteiger partial charge in [-0.25, -0.2) is 9.97 Å². The maximum Gasteiger partial charge on any atom is 0.257 e. The van der Waals surface area contributed by atoms with Gasteiger partial charge >= 0.3 is 0 Å². The van der Waals surface area contributed by atoms with E-state index in [1.54, 1.807) is 24.4 Å². The third-order valence-corrected chi connectivity index (χ3v) is 4.15. The summed E-state index contributed by atoms with van der Waals surface area (Å²) in [4.78, 5) is 34.0. The number of carbonyl (C=O) groups excluding carboxylic acids is 2. The fourth-order valence-corrected chi connectivity index (χ4v) is 2.89. The Kier molecular flexibility index (Phi) is 5.65. The number of rotatable bonds is 5. The Morgan fingerprint density at radius 1 is 1.39 bits per heavy atom.